The molecule has 4 rings (SSSR count). The van der Waals surface area contributed by atoms with Gasteiger partial charge in [-0.05, 0) is 58.5 Å². The Morgan fingerprint density at radius 3 is 2.70 bits per heavy atom. The Hall–Kier alpha value is -3.18. The number of benzene rings is 2. The quantitative estimate of drug-likeness (QED) is 0.525. The molecule has 0 atom stereocenters. The number of amides is 1. The maximum Gasteiger partial charge on any atom is 0.229 e. The zero-order valence-corrected chi connectivity index (χ0v) is 15.6. The van der Waals surface area contributed by atoms with Gasteiger partial charge in [0.2, 0.25) is 5.91 Å². The SMILES string of the molecule is COc1ccc2cc(NC(=O)Cc3cccc(-c4ccncc4)c3)sc2c1. The predicted octanol–water partition coefficient (Wildman–Crippen LogP) is 5.15. The number of hydrogen-bond acceptors (Lipinski definition) is 4. The van der Waals surface area contributed by atoms with Crippen LogP contribution >= 0.6 is 11.3 Å². The lowest BCUT2D eigenvalue weighted by Crippen LogP contribution is -2.13. The van der Waals surface area contributed by atoms with Crippen molar-refractivity contribution in [2.45, 2.75) is 6.42 Å². The lowest BCUT2D eigenvalue weighted by Gasteiger charge is -2.06. The summed E-state index contributed by atoms with van der Waals surface area (Å²) in [5.41, 5.74) is 3.15. The Balaban J connectivity index is 1.48. The second-order valence-corrected chi connectivity index (χ2v) is 7.26. The molecule has 0 aliphatic heterocycles. The van der Waals surface area contributed by atoms with E-state index in [1.165, 1.54) is 0 Å². The van der Waals surface area contributed by atoms with Crippen LogP contribution in [0.4, 0.5) is 5.00 Å². The summed E-state index contributed by atoms with van der Waals surface area (Å²) in [5.74, 6) is 0.788. The van der Waals surface area contributed by atoms with Crippen molar-refractivity contribution < 1.29 is 9.53 Å². The summed E-state index contributed by atoms with van der Waals surface area (Å²) in [7, 11) is 1.65. The number of ether oxygens (including phenoxy) is 1. The average Bonchev–Trinajstić information content (AvgIpc) is 3.09. The molecule has 0 saturated heterocycles. The van der Waals surface area contributed by atoms with Crippen LogP contribution in [-0.2, 0) is 11.2 Å². The van der Waals surface area contributed by atoms with Crippen molar-refractivity contribution in [2.24, 2.45) is 0 Å². The fraction of sp³-hybridized carbons (Fsp3) is 0.0909. The Morgan fingerprint density at radius 2 is 1.89 bits per heavy atom. The first-order valence-electron chi connectivity index (χ1n) is 8.58. The van der Waals surface area contributed by atoms with Gasteiger partial charge in [-0.3, -0.25) is 9.78 Å². The summed E-state index contributed by atoms with van der Waals surface area (Å²) < 4.78 is 6.34. The molecule has 0 aliphatic rings. The summed E-state index contributed by atoms with van der Waals surface area (Å²) >= 11 is 1.55. The molecule has 0 aliphatic carbocycles. The highest BCUT2D eigenvalue weighted by Gasteiger charge is 2.09. The fourth-order valence-corrected chi connectivity index (χ4v) is 3.98. The van der Waals surface area contributed by atoms with Crippen molar-refractivity contribution in [3.8, 4) is 16.9 Å². The van der Waals surface area contributed by atoms with Gasteiger partial charge in [0, 0.05) is 17.1 Å². The van der Waals surface area contributed by atoms with Crippen LogP contribution in [0.5, 0.6) is 5.75 Å². The number of aromatic nitrogens is 1. The van der Waals surface area contributed by atoms with Crippen LogP contribution in [0, 0.1) is 0 Å². The van der Waals surface area contributed by atoms with Crippen LogP contribution in [0.25, 0.3) is 21.2 Å². The number of thiophene rings is 1. The summed E-state index contributed by atoms with van der Waals surface area (Å²) in [6, 6.07) is 19.8. The van der Waals surface area contributed by atoms with E-state index < -0.39 is 0 Å². The van der Waals surface area contributed by atoms with Crippen molar-refractivity contribution in [3.05, 3.63) is 78.6 Å². The van der Waals surface area contributed by atoms with E-state index in [-0.39, 0.29) is 5.91 Å². The van der Waals surface area contributed by atoms with Gasteiger partial charge in [0.1, 0.15) is 5.75 Å². The minimum absolute atomic E-state index is 0.0274. The highest BCUT2D eigenvalue weighted by molar-refractivity contribution is 7.23. The van der Waals surface area contributed by atoms with Gasteiger partial charge in [0.05, 0.1) is 18.5 Å². The fourth-order valence-electron chi connectivity index (χ4n) is 2.97. The number of carbonyl (C=O) groups is 1. The zero-order valence-electron chi connectivity index (χ0n) is 14.8. The molecule has 0 bridgehead atoms. The van der Waals surface area contributed by atoms with E-state index >= 15 is 0 Å². The van der Waals surface area contributed by atoms with E-state index in [0.717, 1.165) is 37.5 Å². The topological polar surface area (TPSA) is 51.2 Å². The number of nitrogens with one attached hydrogen (secondary N) is 1. The van der Waals surface area contributed by atoms with Crippen LogP contribution in [-0.4, -0.2) is 18.0 Å². The summed E-state index contributed by atoms with van der Waals surface area (Å²) in [6.45, 7) is 0. The molecule has 27 heavy (non-hydrogen) atoms. The lowest BCUT2D eigenvalue weighted by atomic mass is 10.0. The van der Waals surface area contributed by atoms with E-state index in [4.69, 9.17) is 4.74 Å². The molecule has 0 unspecified atom stereocenters. The van der Waals surface area contributed by atoms with Crippen LogP contribution in [0.1, 0.15) is 5.56 Å². The number of fused-ring (bicyclic) bond motifs is 1. The Labute approximate surface area is 161 Å². The molecule has 0 radical (unpaired) electrons. The van der Waals surface area contributed by atoms with Crippen molar-refractivity contribution >= 4 is 32.3 Å². The third kappa shape index (κ3) is 3.99. The van der Waals surface area contributed by atoms with E-state index in [0.29, 0.717) is 6.42 Å². The van der Waals surface area contributed by atoms with Gasteiger partial charge in [0.15, 0.2) is 0 Å². The smallest absolute Gasteiger partial charge is 0.229 e. The van der Waals surface area contributed by atoms with Crippen LogP contribution < -0.4 is 10.1 Å². The number of nitrogens with zero attached hydrogens (tertiary/aromatic N) is 1. The first kappa shape index (κ1) is 17.2. The van der Waals surface area contributed by atoms with Gasteiger partial charge in [-0.15, -0.1) is 11.3 Å². The first-order chi connectivity index (χ1) is 13.2. The molecule has 2 aromatic heterocycles. The molecule has 0 saturated carbocycles. The van der Waals surface area contributed by atoms with Gasteiger partial charge in [-0.1, -0.05) is 24.3 Å². The van der Waals surface area contributed by atoms with E-state index in [2.05, 4.69) is 10.3 Å². The maximum absolute atomic E-state index is 12.5. The monoisotopic (exact) mass is 374 g/mol. The molecule has 5 heteroatoms. The summed E-state index contributed by atoms with van der Waals surface area (Å²) in [5, 5.41) is 4.94. The number of hydrogen-bond donors (Lipinski definition) is 1. The molecule has 0 fully saturated rings. The van der Waals surface area contributed by atoms with Crippen molar-refractivity contribution in [2.75, 3.05) is 12.4 Å². The molecule has 1 N–H and O–H groups in total. The second kappa shape index (κ2) is 7.60. The molecule has 4 aromatic rings. The van der Waals surface area contributed by atoms with Crippen molar-refractivity contribution in [3.63, 3.8) is 0 Å². The van der Waals surface area contributed by atoms with Gasteiger partial charge in [-0.25, -0.2) is 0 Å². The summed E-state index contributed by atoms with van der Waals surface area (Å²) in [4.78, 5) is 16.5. The Bertz CT molecular complexity index is 1090. The summed E-state index contributed by atoms with van der Waals surface area (Å²) in [6.07, 6.45) is 3.87. The minimum atomic E-state index is -0.0274. The molecule has 4 nitrogen and oxygen atoms in total. The van der Waals surface area contributed by atoms with Gasteiger partial charge >= 0.3 is 0 Å². The molecule has 2 aromatic carbocycles. The standard InChI is InChI=1S/C22H18N2O2S/c1-26-19-6-5-18-13-22(27-20(18)14-19)24-21(25)12-15-3-2-4-17(11-15)16-7-9-23-10-8-16/h2-11,13-14H,12H2,1H3,(H,24,25). The molecule has 1 amide bonds. The minimum Gasteiger partial charge on any atom is -0.497 e. The normalized spacial score (nSPS) is 10.7. The molecule has 2 heterocycles. The average molecular weight is 374 g/mol. The van der Waals surface area contributed by atoms with Gasteiger partial charge < -0.3 is 10.1 Å². The number of carbonyl (C=O) groups excluding carboxylic acids is 1. The van der Waals surface area contributed by atoms with E-state index in [9.17, 15) is 4.79 Å². The third-order valence-electron chi connectivity index (χ3n) is 4.30. The van der Waals surface area contributed by atoms with E-state index in [1.807, 2.05) is 60.7 Å². The predicted molar refractivity (Wildman–Crippen MR) is 110 cm³/mol. The number of anilines is 1. The largest absolute Gasteiger partial charge is 0.497 e. The molecule has 0 spiro atoms. The highest BCUT2D eigenvalue weighted by atomic mass is 32.1. The first-order valence-corrected chi connectivity index (χ1v) is 9.40. The molecular formula is C22H18N2O2S. The number of rotatable bonds is 5. The van der Waals surface area contributed by atoms with Crippen LogP contribution in [0.15, 0.2) is 73.1 Å². The number of pyridine rings is 1. The Morgan fingerprint density at radius 1 is 1.04 bits per heavy atom. The Kier molecular flexibility index (Phi) is 4.85. The molecular weight excluding hydrogens is 356 g/mol. The van der Waals surface area contributed by atoms with Crippen LogP contribution in [0.2, 0.25) is 0 Å². The number of methoxy groups -OCH3 is 1. The zero-order chi connectivity index (χ0) is 18.6. The lowest BCUT2D eigenvalue weighted by molar-refractivity contribution is -0.115. The molecule has 134 valence electrons. The van der Waals surface area contributed by atoms with Crippen LogP contribution in [0.3, 0.4) is 0 Å². The maximum atomic E-state index is 12.5. The van der Waals surface area contributed by atoms with Gasteiger partial charge in [-0.2, -0.15) is 0 Å². The third-order valence-corrected chi connectivity index (χ3v) is 5.31. The van der Waals surface area contributed by atoms with Crippen molar-refractivity contribution in [1.82, 2.24) is 4.98 Å². The second-order valence-electron chi connectivity index (χ2n) is 6.18. The van der Waals surface area contributed by atoms with E-state index in [1.54, 1.807) is 30.8 Å². The van der Waals surface area contributed by atoms with Crippen molar-refractivity contribution in [1.29, 1.82) is 0 Å². The van der Waals surface area contributed by atoms with Gasteiger partial charge in [0.25, 0.3) is 0 Å². The highest BCUT2D eigenvalue weighted by Crippen LogP contribution is 2.32.